The fraction of sp³-hybridized carbons (Fsp3) is 0.0667. The molecule has 0 atom stereocenters. The second kappa shape index (κ2) is 6.14. The molecule has 23 heavy (non-hydrogen) atoms. The summed E-state index contributed by atoms with van der Waals surface area (Å²) in [6.07, 6.45) is 3.23. The minimum Gasteiger partial charge on any atom is -0.484 e. The standard InChI is InChI=1S/C15H13N5O3/c16-14(22)9-2-1-3-10(6-9)23-8-13(21)18-15-11-4-5-17-7-12(11)19-20-15/h1-7H,8H2,(H2,16,22)(H2,18,19,20,21). The zero-order valence-electron chi connectivity index (χ0n) is 11.9. The Morgan fingerprint density at radius 2 is 2.17 bits per heavy atom. The zero-order valence-corrected chi connectivity index (χ0v) is 11.9. The number of amides is 2. The summed E-state index contributed by atoms with van der Waals surface area (Å²) in [7, 11) is 0. The van der Waals surface area contributed by atoms with Gasteiger partial charge >= 0.3 is 0 Å². The van der Waals surface area contributed by atoms with Crippen molar-refractivity contribution < 1.29 is 14.3 Å². The third kappa shape index (κ3) is 3.26. The number of rotatable bonds is 5. The Bertz CT molecular complexity index is 874. The van der Waals surface area contributed by atoms with E-state index in [1.807, 2.05) is 0 Å². The van der Waals surface area contributed by atoms with Crippen LogP contribution >= 0.6 is 0 Å². The van der Waals surface area contributed by atoms with Crippen LogP contribution in [0.15, 0.2) is 42.7 Å². The molecule has 0 radical (unpaired) electrons. The summed E-state index contributed by atoms with van der Waals surface area (Å²) in [4.78, 5) is 27.0. The van der Waals surface area contributed by atoms with Gasteiger partial charge in [-0.3, -0.25) is 19.7 Å². The molecule has 0 fully saturated rings. The minimum atomic E-state index is -0.559. The first-order valence-electron chi connectivity index (χ1n) is 6.74. The van der Waals surface area contributed by atoms with Crippen LogP contribution in [-0.2, 0) is 4.79 Å². The van der Waals surface area contributed by atoms with Crippen molar-refractivity contribution in [2.75, 3.05) is 11.9 Å². The van der Waals surface area contributed by atoms with E-state index in [1.54, 1.807) is 36.7 Å². The largest absolute Gasteiger partial charge is 0.484 e. The van der Waals surface area contributed by atoms with Crippen molar-refractivity contribution in [3.8, 4) is 5.75 Å². The highest BCUT2D eigenvalue weighted by Gasteiger charge is 2.10. The Morgan fingerprint density at radius 1 is 1.30 bits per heavy atom. The smallest absolute Gasteiger partial charge is 0.263 e. The maximum atomic E-state index is 11.9. The first-order valence-corrected chi connectivity index (χ1v) is 6.74. The molecule has 0 saturated carbocycles. The van der Waals surface area contributed by atoms with Gasteiger partial charge in [-0.1, -0.05) is 6.07 Å². The second-order valence-corrected chi connectivity index (χ2v) is 4.72. The number of ether oxygens (including phenoxy) is 1. The van der Waals surface area contributed by atoms with E-state index in [0.717, 1.165) is 10.9 Å². The number of nitrogens with one attached hydrogen (secondary N) is 2. The molecular formula is C15H13N5O3. The Morgan fingerprint density at radius 3 is 3.00 bits per heavy atom. The molecule has 0 saturated heterocycles. The lowest BCUT2D eigenvalue weighted by Gasteiger charge is -2.07. The molecule has 2 aromatic heterocycles. The van der Waals surface area contributed by atoms with E-state index in [2.05, 4.69) is 20.5 Å². The molecule has 3 aromatic rings. The number of nitrogens with zero attached hydrogens (tertiary/aromatic N) is 2. The minimum absolute atomic E-state index is 0.221. The fourth-order valence-corrected chi connectivity index (χ4v) is 2.02. The maximum Gasteiger partial charge on any atom is 0.263 e. The number of carbonyl (C=O) groups is 2. The fourth-order valence-electron chi connectivity index (χ4n) is 2.02. The van der Waals surface area contributed by atoms with E-state index in [-0.39, 0.29) is 12.5 Å². The molecular weight excluding hydrogens is 298 g/mol. The number of H-pyrrole nitrogens is 1. The summed E-state index contributed by atoms with van der Waals surface area (Å²) in [6, 6.07) is 8.05. The van der Waals surface area contributed by atoms with E-state index in [0.29, 0.717) is 17.1 Å². The Hall–Kier alpha value is -3.42. The lowest BCUT2D eigenvalue weighted by molar-refractivity contribution is -0.118. The van der Waals surface area contributed by atoms with Crippen molar-refractivity contribution in [1.29, 1.82) is 0 Å². The van der Waals surface area contributed by atoms with Crippen LogP contribution in [0.1, 0.15) is 10.4 Å². The number of primary amides is 1. The van der Waals surface area contributed by atoms with E-state index in [9.17, 15) is 9.59 Å². The zero-order chi connectivity index (χ0) is 16.2. The molecule has 116 valence electrons. The molecule has 8 nitrogen and oxygen atoms in total. The van der Waals surface area contributed by atoms with Crippen LogP contribution in [0, 0.1) is 0 Å². The number of hydrogen-bond acceptors (Lipinski definition) is 5. The number of pyridine rings is 1. The summed E-state index contributed by atoms with van der Waals surface area (Å²) < 4.78 is 5.35. The van der Waals surface area contributed by atoms with E-state index >= 15 is 0 Å². The topological polar surface area (TPSA) is 123 Å². The van der Waals surface area contributed by atoms with Crippen molar-refractivity contribution in [2.24, 2.45) is 5.73 Å². The highest BCUT2D eigenvalue weighted by atomic mass is 16.5. The average molecular weight is 311 g/mol. The molecule has 0 spiro atoms. The maximum absolute atomic E-state index is 11.9. The Balaban J connectivity index is 1.64. The van der Waals surface area contributed by atoms with Crippen LogP contribution in [0.3, 0.4) is 0 Å². The molecule has 0 aliphatic heterocycles. The summed E-state index contributed by atoms with van der Waals surface area (Å²) in [5.41, 5.74) is 6.23. The van der Waals surface area contributed by atoms with E-state index in [1.165, 1.54) is 6.07 Å². The second-order valence-electron chi connectivity index (χ2n) is 4.72. The SMILES string of the molecule is NC(=O)c1cccc(OCC(=O)Nc2n[nH]c3cnccc23)c1. The van der Waals surface area contributed by atoms with Crippen molar-refractivity contribution in [2.45, 2.75) is 0 Å². The first-order chi connectivity index (χ1) is 11.1. The number of fused-ring (bicyclic) bond motifs is 1. The number of nitrogens with two attached hydrogens (primary N) is 1. The molecule has 0 unspecified atom stereocenters. The lowest BCUT2D eigenvalue weighted by Crippen LogP contribution is -2.20. The number of hydrogen-bond donors (Lipinski definition) is 3. The van der Waals surface area contributed by atoms with E-state index < -0.39 is 5.91 Å². The van der Waals surface area contributed by atoms with Crippen molar-refractivity contribution in [1.82, 2.24) is 15.2 Å². The van der Waals surface area contributed by atoms with Crippen LogP contribution in [-0.4, -0.2) is 33.6 Å². The van der Waals surface area contributed by atoms with Gasteiger partial charge in [0.1, 0.15) is 5.75 Å². The van der Waals surface area contributed by atoms with Gasteiger partial charge < -0.3 is 15.8 Å². The molecule has 2 heterocycles. The van der Waals surface area contributed by atoms with Gasteiger partial charge in [0.2, 0.25) is 5.91 Å². The molecule has 4 N–H and O–H groups in total. The Labute approximate surface area is 130 Å². The van der Waals surface area contributed by atoms with Crippen LogP contribution in [0.5, 0.6) is 5.75 Å². The van der Waals surface area contributed by atoms with Crippen LogP contribution < -0.4 is 15.8 Å². The third-order valence-electron chi connectivity index (χ3n) is 3.11. The molecule has 0 aliphatic rings. The first kappa shape index (κ1) is 14.5. The molecule has 0 aliphatic carbocycles. The molecule has 8 heteroatoms. The van der Waals surface area contributed by atoms with Gasteiger partial charge in [0.15, 0.2) is 12.4 Å². The van der Waals surface area contributed by atoms with Gasteiger partial charge in [0.05, 0.1) is 11.7 Å². The predicted molar refractivity (Wildman–Crippen MR) is 83.0 cm³/mol. The highest BCUT2D eigenvalue weighted by molar-refractivity contribution is 5.99. The Kier molecular flexibility index (Phi) is 3.88. The number of benzene rings is 1. The van der Waals surface area contributed by atoms with Crippen molar-refractivity contribution in [3.05, 3.63) is 48.3 Å². The molecule has 2 amide bonds. The average Bonchev–Trinajstić information content (AvgIpc) is 2.96. The summed E-state index contributed by atoms with van der Waals surface area (Å²) in [5.74, 6) is -0.148. The van der Waals surface area contributed by atoms with Gasteiger partial charge in [-0.2, -0.15) is 5.10 Å². The number of carbonyl (C=O) groups excluding carboxylic acids is 2. The summed E-state index contributed by atoms with van der Waals surface area (Å²) >= 11 is 0. The summed E-state index contributed by atoms with van der Waals surface area (Å²) in [5, 5.41) is 10.2. The van der Waals surface area contributed by atoms with Gasteiger partial charge in [-0.05, 0) is 24.3 Å². The van der Waals surface area contributed by atoms with Gasteiger partial charge in [0, 0.05) is 17.1 Å². The number of aromatic amines is 1. The predicted octanol–water partition coefficient (Wildman–Crippen LogP) is 1.07. The summed E-state index contributed by atoms with van der Waals surface area (Å²) in [6.45, 7) is -0.221. The molecule has 0 bridgehead atoms. The van der Waals surface area contributed by atoms with Gasteiger partial charge in [-0.15, -0.1) is 0 Å². The van der Waals surface area contributed by atoms with Gasteiger partial charge in [-0.25, -0.2) is 0 Å². The monoisotopic (exact) mass is 311 g/mol. The normalized spacial score (nSPS) is 10.4. The number of aromatic nitrogens is 3. The van der Waals surface area contributed by atoms with Crippen LogP contribution in [0.2, 0.25) is 0 Å². The van der Waals surface area contributed by atoms with Crippen molar-refractivity contribution in [3.63, 3.8) is 0 Å². The van der Waals surface area contributed by atoms with Crippen LogP contribution in [0.25, 0.3) is 10.9 Å². The molecule has 3 rings (SSSR count). The highest BCUT2D eigenvalue weighted by Crippen LogP contribution is 2.18. The van der Waals surface area contributed by atoms with Crippen molar-refractivity contribution >= 4 is 28.5 Å². The van der Waals surface area contributed by atoms with Gasteiger partial charge in [0.25, 0.3) is 5.91 Å². The number of anilines is 1. The van der Waals surface area contributed by atoms with E-state index in [4.69, 9.17) is 10.5 Å². The quantitative estimate of drug-likeness (QED) is 0.650. The third-order valence-corrected chi connectivity index (χ3v) is 3.11. The molecule has 1 aromatic carbocycles. The lowest BCUT2D eigenvalue weighted by atomic mass is 10.2. The van der Waals surface area contributed by atoms with Crippen LogP contribution in [0.4, 0.5) is 5.82 Å².